The normalized spacial score (nSPS) is 18.0. The van der Waals surface area contributed by atoms with E-state index < -0.39 is 5.60 Å². The zero-order valence-electron chi connectivity index (χ0n) is 18.8. The van der Waals surface area contributed by atoms with E-state index in [-0.39, 0.29) is 17.7 Å². The fourth-order valence-electron chi connectivity index (χ4n) is 3.95. The van der Waals surface area contributed by atoms with Crippen molar-refractivity contribution in [2.45, 2.75) is 65.6 Å². The van der Waals surface area contributed by atoms with Gasteiger partial charge in [0.25, 0.3) is 5.56 Å². The van der Waals surface area contributed by atoms with Crippen molar-refractivity contribution >= 4 is 11.7 Å². The molecule has 0 N–H and O–H groups in total. The summed E-state index contributed by atoms with van der Waals surface area (Å²) in [4.78, 5) is 33.8. The number of rotatable bonds is 5. The van der Waals surface area contributed by atoms with E-state index >= 15 is 0 Å². The minimum atomic E-state index is -0.501. The topological polar surface area (TPSA) is 67.2 Å². The van der Waals surface area contributed by atoms with Crippen molar-refractivity contribution in [3.8, 4) is 0 Å². The molecule has 7 nitrogen and oxygen atoms in total. The molecule has 1 unspecified atom stereocenters. The third-order valence-corrected chi connectivity index (χ3v) is 5.32. The summed E-state index contributed by atoms with van der Waals surface area (Å²) >= 11 is 0. The maximum Gasteiger partial charge on any atom is 0.410 e. The Morgan fingerprint density at radius 3 is 2.80 bits per heavy atom. The Kier molecular flexibility index (Phi) is 6.81. The average molecular weight is 415 g/mol. The Bertz CT molecular complexity index is 932. The van der Waals surface area contributed by atoms with Crippen molar-refractivity contribution in [3.05, 3.63) is 46.5 Å². The monoisotopic (exact) mass is 414 g/mol. The third-order valence-electron chi connectivity index (χ3n) is 5.32. The van der Waals surface area contributed by atoms with Crippen molar-refractivity contribution in [3.63, 3.8) is 0 Å². The van der Waals surface area contributed by atoms with Gasteiger partial charge in [-0.3, -0.25) is 14.1 Å². The van der Waals surface area contributed by atoms with E-state index in [0.717, 1.165) is 31.6 Å². The van der Waals surface area contributed by atoms with Crippen molar-refractivity contribution in [2.24, 2.45) is 5.92 Å². The molecule has 0 bridgehead atoms. The maximum atomic E-state index is 12.7. The molecule has 2 aromatic rings. The first-order valence-corrected chi connectivity index (χ1v) is 10.8. The first kappa shape index (κ1) is 22.3. The number of likely N-dealkylation sites (tertiary alicyclic amines) is 1. The predicted molar refractivity (Wildman–Crippen MR) is 118 cm³/mol. The van der Waals surface area contributed by atoms with Crippen LogP contribution in [0.4, 0.5) is 4.79 Å². The number of pyridine rings is 1. The van der Waals surface area contributed by atoms with Gasteiger partial charge in [-0.1, -0.05) is 6.07 Å². The van der Waals surface area contributed by atoms with Crippen LogP contribution >= 0.6 is 0 Å². The molecule has 1 amide bonds. The number of ether oxygens (including phenoxy) is 1. The van der Waals surface area contributed by atoms with Gasteiger partial charge in [0.2, 0.25) is 0 Å². The minimum absolute atomic E-state index is 0.0555. The summed E-state index contributed by atoms with van der Waals surface area (Å²) in [6.07, 6.45) is 3.63. The molecule has 164 valence electrons. The zero-order chi connectivity index (χ0) is 21.9. The van der Waals surface area contributed by atoms with E-state index in [4.69, 9.17) is 4.74 Å². The number of hydrogen-bond acceptors (Lipinski definition) is 5. The van der Waals surface area contributed by atoms with E-state index in [1.165, 1.54) is 0 Å². The van der Waals surface area contributed by atoms with E-state index in [1.54, 1.807) is 16.7 Å². The SMILES string of the molecule is CC(C)N(CC1CCCN(Cc2cc(=O)n3ccccc3n2)C1)C(=O)OC(C)(C)C. The molecule has 3 rings (SSSR count). The molecule has 0 aromatic carbocycles. The molecule has 7 heteroatoms. The van der Waals surface area contributed by atoms with Gasteiger partial charge >= 0.3 is 6.09 Å². The Morgan fingerprint density at radius 2 is 2.10 bits per heavy atom. The zero-order valence-corrected chi connectivity index (χ0v) is 18.8. The highest BCUT2D eigenvalue weighted by Crippen LogP contribution is 2.21. The van der Waals surface area contributed by atoms with Gasteiger partial charge in [-0.05, 0) is 72.1 Å². The quantitative estimate of drug-likeness (QED) is 0.748. The smallest absolute Gasteiger partial charge is 0.410 e. The molecule has 30 heavy (non-hydrogen) atoms. The van der Waals surface area contributed by atoms with Gasteiger partial charge in [-0.15, -0.1) is 0 Å². The van der Waals surface area contributed by atoms with Gasteiger partial charge in [-0.25, -0.2) is 9.78 Å². The lowest BCUT2D eigenvalue weighted by atomic mass is 9.97. The largest absolute Gasteiger partial charge is 0.444 e. The van der Waals surface area contributed by atoms with Gasteiger partial charge in [0.1, 0.15) is 11.2 Å². The molecule has 1 aliphatic rings. The van der Waals surface area contributed by atoms with Crippen LogP contribution in [0.1, 0.15) is 53.2 Å². The average Bonchev–Trinajstić information content (AvgIpc) is 2.65. The van der Waals surface area contributed by atoms with Crippen LogP contribution in [0.15, 0.2) is 35.3 Å². The van der Waals surface area contributed by atoms with E-state index in [2.05, 4.69) is 9.88 Å². The number of hydrogen-bond donors (Lipinski definition) is 0. The van der Waals surface area contributed by atoms with Crippen LogP contribution in [0.25, 0.3) is 5.65 Å². The second-order valence-corrected chi connectivity index (χ2v) is 9.48. The molecule has 0 radical (unpaired) electrons. The minimum Gasteiger partial charge on any atom is -0.444 e. The summed E-state index contributed by atoms with van der Waals surface area (Å²) in [7, 11) is 0. The highest BCUT2D eigenvalue weighted by molar-refractivity contribution is 5.68. The van der Waals surface area contributed by atoms with E-state index in [0.29, 0.717) is 24.7 Å². The summed E-state index contributed by atoms with van der Waals surface area (Å²) < 4.78 is 7.16. The molecule has 0 spiro atoms. The Labute approximate surface area is 178 Å². The van der Waals surface area contributed by atoms with Crippen LogP contribution in [0.3, 0.4) is 0 Å². The van der Waals surface area contributed by atoms with Gasteiger partial charge in [0.05, 0.1) is 5.69 Å². The lowest BCUT2D eigenvalue weighted by Gasteiger charge is -2.37. The second kappa shape index (κ2) is 9.16. The number of piperidine rings is 1. The fourth-order valence-corrected chi connectivity index (χ4v) is 3.95. The Balaban J connectivity index is 1.66. The van der Waals surface area contributed by atoms with Crippen molar-refractivity contribution in [2.75, 3.05) is 19.6 Å². The van der Waals surface area contributed by atoms with Crippen LogP contribution in [0.5, 0.6) is 0 Å². The summed E-state index contributed by atoms with van der Waals surface area (Å²) in [5, 5.41) is 0. The molecule has 1 atom stereocenters. The van der Waals surface area contributed by atoms with Crippen molar-refractivity contribution in [1.29, 1.82) is 0 Å². The summed E-state index contributed by atoms with van der Waals surface area (Å²) in [6.45, 7) is 12.9. The summed E-state index contributed by atoms with van der Waals surface area (Å²) in [5.41, 5.74) is 0.905. The van der Waals surface area contributed by atoms with Crippen LogP contribution in [-0.2, 0) is 11.3 Å². The maximum absolute atomic E-state index is 12.7. The highest BCUT2D eigenvalue weighted by Gasteiger charge is 2.29. The van der Waals surface area contributed by atoms with E-state index in [1.807, 2.05) is 57.7 Å². The van der Waals surface area contributed by atoms with Gasteiger partial charge < -0.3 is 9.64 Å². The number of carbonyl (C=O) groups excluding carboxylic acids is 1. The van der Waals surface area contributed by atoms with Gasteiger partial charge in [0.15, 0.2) is 0 Å². The fraction of sp³-hybridized carbons (Fsp3) is 0.609. The molecule has 1 saturated heterocycles. The standard InChI is InChI=1S/C23H34N4O3/c1-17(2)27(22(29)30-23(3,4)5)15-18-9-8-11-25(14-18)16-19-13-21(28)26-12-7-6-10-20(26)24-19/h6-7,10,12-13,17-18H,8-9,11,14-16H2,1-5H3. The molecule has 3 heterocycles. The number of aromatic nitrogens is 2. The lowest BCUT2D eigenvalue weighted by Crippen LogP contribution is -2.47. The number of fused-ring (bicyclic) bond motifs is 1. The molecule has 2 aromatic heterocycles. The van der Waals surface area contributed by atoms with Crippen LogP contribution in [0, 0.1) is 5.92 Å². The molecule has 1 fully saturated rings. The first-order valence-electron chi connectivity index (χ1n) is 10.8. The number of carbonyl (C=O) groups is 1. The van der Waals surface area contributed by atoms with Gasteiger partial charge in [0, 0.05) is 37.9 Å². The second-order valence-electron chi connectivity index (χ2n) is 9.48. The highest BCUT2D eigenvalue weighted by atomic mass is 16.6. The number of amides is 1. The Hall–Kier alpha value is -2.41. The molecule has 0 saturated carbocycles. The van der Waals surface area contributed by atoms with Gasteiger partial charge in [-0.2, -0.15) is 0 Å². The first-order chi connectivity index (χ1) is 14.1. The third kappa shape index (κ3) is 5.81. The molecule has 0 aliphatic carbocycles. The van der Waals surface area contributed by atoms with Crippen LogP contribution in [0.2, 0.25) is 0 Å². The predicted octanol–water partition coefficient (Wildman–Crippen LogP) is 3.55. The number of nitrogens with zero attached hydrogens (tertiary/aromatic N) is 4. The Morgan fingerprint density at radius 1 is 1.33 bits per heavy atom. The van der Waals surface area contributed by atoms with Crippen LogP contribution in [-0.4, -0.2) is 56.6 Å². The van der Waals surface area contributed by atoms with Crippen LogP contribution < -0.4 is 5.56 Å². The van der Waals surface area contributed by atoms with Crippen molar-refractivity contribution in [1.82, 2.24) is 19.2 Å². The molecular weight excluding hydrogens is 380 g/mol. The van der Waals surface area contributed by atoms with E-state index in [9.17, 15) is 9.59 Å². The summed E-state index contributed by atoms with van der Waals surface area (Å²) in [5.74, 6) is 0.371. The summed E-state index contributed by atoms with van der Waals surface area (Å²) in [6, 6.07) is 7.27. The lowest BCUT2D eigenvalue weighted by molar-refractivity contribution is 0.0117. The molecular formula is C23H34N4O3. The molecule has 1 aliphatic heterocycles. The van der Waals surface area contributed by atoms with Crippen molar-refractivity contribution < 1.29 is 9.53 Å².